The van der Waals surface area contributed by atoms with Gasteiger partial charge in [-0.05, 0) is 36.8 Å². The van der Waals surface area contributed by atoms with Crippen molar-refractivity contribution in [3.8, 4) is 11.5 Å². The standard InChI is InChI=1S/C20H23NO5/c1-4-26-20(23)16(21-19(22)15-8-6-5-7-9-15)12-14-10-11-17(24-2)18(13-14)25-3/h5-11,13,16H,4,12H2,1-3H3,(H,21,22)/t16-/m0/s1/i16D. The quantitative estimate of drug-likeness (QED) is 0.734. The topological polar surface area (TPSA) is 73.9 Å². The summed E-state index contributed by atoms with van der Waals surface area (Å²) >= 11 is 0. The van der Waals surface area contributed by atoms with Gasteiger partial charge in [-0.15, -0.1) is 0 Å². The molecule has 6 heteroatoms. The van der Waals surface area contributed by atoms with Gasteiger partial charge in [0.2, 0.25) is 0 Å². The van der Waals surface area contributed by atoms with E-state index in [2.05, 4.69) is 5.32 Å². The van der Waals surface area contributed by atoms with Gasteiger partial charge in [0.15, 0.2) is 11.5 Å². The van der Waals surface area contributed by atoms with E-state index >= 15 is 0 Å². The second-order valence-corrected chi connectivity index (χ2v) is 5.39. The first-order valence-electron chi connectivity index (χ1n) is 8.69. The first kappa shape index (κ1) is 17.8. The lowest BCUT2D eigenvalue weighted by Gasteiger charge is -2.18. The van der Waals surface area contributed by atoms with Crippen LogP contribution >= 0.6 is 0 Å². The second kappa shape index (κ2) is 9.46. The van der Waals surface area contributed by atoms with Crippen LogP contribution in [0.1, 0.15) is 24.2 Å². The maximum atomic E-state index is 12.5. The Kier molecular flexibility index (Phi) is 6.47. The fourth-order valence-corrected chi connectivity index (χ4v) is 2.38. The van der Waals surface area contributed by atoms with E-state index in [0.717, 1.165) is 0 Å². The molecular weight excluding hydrogens is 334 g/mol. The molecule has 0 aliphatic heterocycles. The summed E-state index contributed by atoms with van der Waals surface area (Å²) in [6, 6.07) is 11.5. The number of nitrogens with one attached hydrogen (secondary N) is 1. The lowest BCUT2D eigenvalue weighted by Crippen LogP contribution is -2.43. The van der Waals surface area contributed by atoms with Gasteiger partial charge in [0, 0.05) is 12.0 Å². The fraction of sp³-hybridized carbons (Fsp3) is 0.300. The molecule has 2 aromatic rings. The zero-order valence-corrected chi connectivity index (χ0v) is 15.1. The highest BCUT2D eigenvalue weighted by Gasteiger charge is 2.23. The Morgan fingerprint density at radius 2 is 1.77 bits per heavy atom. The zero-order valence-electron chi connectivity index (χ0n) is 16.1. The van der Waals surface area contributed by atoms with Gasteiger partial charge >= 0.3 is 5.97 Å². The number of carbonyl (C=O) groups excluding carboxylic acids is 2. The van der Waals surface area contributed by atoms with Gasteiger partial charge in [-0.3, -0.25) is 4.79 Å². The normalized spacial score (nSPS) is 13.1. The van der Waals surface area contributed by atoms with Crippen molar-refractivity contribution in [1.29, 1.82) is 0 Å². The number of methoxy groups -OCH3 is 2. The summed E-state index contributed by atoms with van der Waals surface area (Å²) < 4.78 is 24.1. The molecule has 0 aliphatic carbocycles. The highest BCUT2D eigenvalue weighted by molar-refractivity contribution is 5.96. The molecule has 0 saturated carbocycles. The van der Waals surface area contributed by atoms with Crippen molar-refractivity contribution in [2.45, 2.75) is 19.4 Å². The van der Waals surface area contributed by atoms with Crippen LogP contribution in [0.4, 0.5) is 0 Å². The molecule has 0 aromatic heterocycles. The van der Waals surface area contributed by atoms with Crippen LogP contribution in [0.25, 0.3) is 0 Å². The van der Waals surface area contributed by atoms with Crippen LogP contribution in [-0.2, 0) is 16.0 Å². The lowest BCUT2D eigenvalue weighted by atomic mass is 10.0. The first-order valence-corrected chi connectivity index (χ1v) is 8.19. The molecule has 0 unspecified atom stereocenters. The summed E-state index contributed by atoms with van der Waals surface area (Å²) in [6.07, 6.45) is -0.0925. The van der Waals surface area contributed by atoms with Gasteiger partial charge in [0.1, 0.15) is 6.02 Å². The van der Waals surface area contributed by atoms with Crippen LogP contribution in [-0.4, -0.2) is 38.7 Å². The molecule has 0 radical (unpaired) electrons. The number of carbonyl (C=O) groups is 2. The molecule has 2 rings (SSSR count). The van der Waals surface area contributed by atoms with Gasteiger partial charge in [-0.25, -0.2) is 4.79 Å². The van der Waals surface area contributed by atoms with Crippen molar-refractivity contribution in [3.63, 3.8) is 0 Å². The number of hydrogen-bond acceptors (Lipinski definition) is 5. The molecule has 0 bridgehead atoms. The molecule has 0 fully saturated rings. The van der Waals surface area contributed by atoms with Crippen molar-refractivity contribution in [1.82, 2.24) is 5.32 Å². The third kappa shape index (κ3) is 4.99. The number of esters is 1. The SMILES string of the molecule is [2H][C@@](Cc1ccc(OC)c(OC)c1)(NC(=O)c1ccccc1)C(=O)OCC. The van der Waals surface area contributed by atoms with E-state index in [-0.39, 0.29) is 13.0 Å². The van der Waals surface area contributed by atoms with E-state index in [1.165, 1.54) is 14.2 Å². The molecule has 0 heterocycles. The van der Waals surface area contributed by atoms with Crippen LogP contribution in [0.3, 0.4) is 0 Å². The largest absolute Gasteiger partial charge is 0.493 e. The third-order valence-electron chi connectivity index (χ3n) is 3.65. The molecule has 6 nitrogen and oxygen atoms in total. The first-order chi connectivity index (χ1) is 12.9. The van der Waals surface area contributed by atoms with Gasteiger partial charge in [0.05, 0.1) is 22.2 Å². The van der Waals surface area contributed by atoms with Gasteiger partial charge in [-0.2, -0.15) is 0 Å². The Hall–Kier alpha value is -3.02. The number of amides is 1. The van der Waals surface area contributed by atoms with Crippen LogP contribution in [0, 0.1) is 0 Å². The van der Waals surface area contributed by atoms with Crippen molar-refractivity contribution in [2.75, 3.05) is 20.8 Å². The molecule has 0 spiro atoms. The minimum absolute atomic E-state index is 0.0925. The van der Waals surface area contributed by atoms with Gasteiger partial charge in [0.25, 0.3) is 5.91 Å². The van der Waals surface area contributed by atoms with E-state index in [9.17, 15) is 9.59 Å². The molecule has 138 valence electrons. The lowest BCUT2D eigenvalue weighted by molar-refractivity contribution is -0.145. The van der Waals surface area contributed by atoms with Gasteiger partial charge in [-0.1, -0.05) is 24.3 Å². The molecule has 1 N–H and O–H groups in total. The second-order valence-electron chi connectivity index (χ2n) is 5.39. The Bertz CT molecular complexity index is 796. The number of hydrogen-bond donors (Lipinski definition) is 1. The summed E-state index contributed by atoms with van der Waals surface area (Å²) in [5.41, 5.74) is 0.967. The van der Waals surface area contributed by atoms with E-state index in [4.69, 9.17) is 15.6 Å². The predicted molar refractivity (Wildman–Crippen MR) is 97.6 cm³/mol. The van der Waals surface area contributed by atoms with Crippen LogP contribution in [0.15, 0.2) is 48.5 Å². The summed E-state index contributed by atoms with van der Waals surface area (Å²) in [7, 11) is 3.02. The molecule has 1 atom stereocenters. The molecule has 0 saturated heterocycles. The Balaban J connectivity index is 2.30. The summed E-state index contributed by atoms with van der Waals surface area (Å²) in [5.74, 6) is -0.361. The zero-order chi connectivity index (χ0) is 19.9. The third-order valence-corrected chi connectivity index (χ3v) is 3.65. The maximum Gasteiger partial charge on any atom is 0.328 e. The molecule has 0 aliphatic rings. The van der Waals surface area contributed by atoms with Crippen molar-refractivity contribution in [2.24, 2.45) is 0 Å². The van der Waals surface area contributed by atoms with Crippen LogP contribution < -0.4 is 14.8 Å². The minimum atomic E-state index is -1.98. The van der Waals surface area contributed by atoms with Crippen LogP contribution in [0.5, 0.6) is 11.5 Å². The fourth-order valence-electron chi connectivity index (χ4n) is 2.38. The Labute approximate surface area is 154 Å². The predicted octanol–water partition coefficient (Wildman–Crippen LogP) is 2.61. The van der Waals surface area contributed by atoms with E-state index in [1.807, 2.05) is 0 Å². The minimum Gasteiger partial charge on any atom is -0.493 e. The van der Waals surface area contributed by atoms with E-state index in [1.54, 1.807) is 55.5 Å². The smallest absolute Gasteiger partial charge is 0.328 e. The Morgan fingerprint density at radius 3 is 2.38 bits per heavy atom. The maximum absolute atomic E-state index is 12.5. The molecule has 2 aromatic carbocycles. The summed E-state index contributed by atoms with van der Waals surface area (Å²) in [4.78, 5) is 24.9. The van der Waals surface area contributed by atoms with E-state index in [0.29, 0.717) is 22.6 Å². The highest BCUT2D eigenvalue weighted by atomic mass is 16.5. The summed E-state index contributed by atoms with van der Waals surface area (Å²) in [6.45, 7) is 1.75. The molecule has 1 amide bonds. The van der Waals surface area contributed by atoms with Crippen molar-refractivity contribution in [3.05, 3.63) is 59.7 Å². The monoisotopic (exact) mass is 358 g/mol. The highest BCUT2D eigenvalue weighted by Crippen LogP contribution is 2.28. The molecule has 26 heavy (non-hydrogen) atoms. The average molecular weight is 358 g/mol. The number of ether oxygens (including phenoxy) is 3. The summed E-state index contributed by atoms with van der Waals surface area (Å²) in [5, 5.41) is 2.49. The average Bonchev–Trinajstić information content (AvgIpc) is 2.68. The Morgan fingerprint density at radius 1 is 1.08 bits per heavy atom. The van der Waals surface area contributed by atoms with Crippen molar-refractivity contribution >= 4 is 11.9 Å². The molecular formula is C20H23NO5. The van der Waals surface area contributed by atoms with Crippen LogP contribution in [0.2, 0.25) is 0 Å². The van der Waals surface area contributed by atoms with Gasteiger partial charge < -0.3 is 19.5 Å². The number of benzene rings is 2. The van der Waals surface area contributed by atoms with E-state index < -0.39 is 17.9 Å². The van der Waals surface area contributed by atoms with Crippen molar-refractivity contribution < 1.29 is 25.2 Å². The number of rotatable bonds is 8.